The Morgan fingerprint density at radius 1 is 1.32 bits per heavy atom. The molecule has 1 aliphatic rings. The zero-order valence-electron chi connectivity index (χ0n) is 12.2. The number of hydrogen-bond donors (Lipinski definition) is 1. The molecule has 3 heteroatoms. The Hall–Kier alpha value is -1.35. The van der Waals surface area contributed by atoms with Crippen LogP contribution in [-0.4, -0.2) is 29.5 Å². The summed E-state index contributed by atoms with van der Waals surface area (Å²) >= 11 is 0. The smallest absolute Gasteiger partial charge is 0.130 e. The Balaban J connectivity index is 1.95. The third kappa shape index (κ3) is 4.67. The Morgan fingerprint density at radius 2 is 2.11 bits per heavy atom. The molecule has 1 aromatic heterocycles. The van der Waals surface area contributed by atoms with E-state index in [0.29, 0.717) is 0 Å². The number of likely N-dealkylation sites (tertiary alicyclic amines) is 1. The van der Waals surface area contributed by atoms with Gasteiger partial charge in [0.2, 0.25) is 0 Å². The van der Waals surface area contributed by atoms with E-state index >= 15 is 0 Å². The number of hydrogen-bond acceptors (Lipinski definition) is 3. The quantitative estimate of drug-likeness (QED) is 0.876. The van der Waals surface area contributed by atoms with Gasteiger partial charge in [0.25, 0.3) is 0 Å². The van der Waals surface area contributed by atoms with Crippen molar-refractivity contribution in [1.82, 2.24) is 9.88 Å². The van der Waals surface area contributed by atoms with Crippen molar-refractivity contribution in [2.45, 2.75) is 39.5 Å². The Kier molecular flexibility index (Phi) is 5.40. The maximum Gasteiger partial charge on any atom is 0.130 e. The van der Waals surface area contributed by atoms with Gasteiger partial charge in [0.05, 0.1) is 0 Å². The van der Waals surface area contributed by atoms with E-state index in [0.717, 1.165) is 18.8 Å². The van der Waals surface area contributed by atoms with Crippen LogP contribution >= 0.6 is 0 Å². The molecule has 1 fully saturated rings. The number of piperidine rings is 1. The molecule has 2 heterocycles. The predicted molar refractivity (Wildman–Crippen MR) is 81.3 cm³/mol. The van der Waals surface area contributed by atoms with Gasteiger partial charge in [-0.3, -0.25) is 4.90 Å². The Labute approximate surface area is 116 Å². The fourth-order valence-electron chi connectivity index (χ4n) is 2.47. The number of anilines is 1. The molecule has 0 unspecified atom stereocenters. The SMILES string of the molecule is CC/C=C(\CN1CCCCC1)Nc1ccc(C)cn1. The van der Waals surface area contributed by atoms with Crippen molar-refractivity contribution in [2.75, 3.05) is 25.0 Å². The van der Waals surface area contributed by atoms with E-state index in [9.17, 15) is 0 Å². The Morgan fingerprint density at radius 3 is 2.74 bits per heavy atom. The first kappa shape index (κ1) is 14.1. The summed E-state index contributed by atoms with van der Waals surface area (Å²) < 4.78 is 0. The first-order chi connectivity index (χ1) is 9.28. The zero-order valence-corrected chi connectivity index (χ0v) is 12.2. The number of allylic oxidation sites excluding steroid dienone is 1. The minimum atomic E-state index is 0.947. The molecule has 1 aliphatic heterocycles. The van der Waals surface area contributed by atoms with Crippen molar-refractivity contribution in [3.63, 3.8) is 0 Å². The average molecular weight is 259 g/mol. The molecule has 3 nitrogen and oxygen atoms in total. The molecule has 0 aromatic carbocycles. The van der Waals surface area contributed by atoms with Crippen LogP contribution in [0.2, 0.25) is 0 Å². The van der Waals surface area contributed by atoms with Gasteiger partial charge >= 0.3 is 0 Å². The van der Waals surface area contributed by atoms with E-state index in [-0.39, 0.29) is 0 Å². The van der Waals surface area contributed by atoms with Gasteiger partial charge < -0.3 is 5.32 Å². The molecule has 1 N–H and O–H groups in total. The van der Waals surface area contributed by atoms with E-state index in [1.165, 1.54) is 43.6 Å². The average Bonchev–Trinajstić information content (AvgIpc) is 2.43. The lowest BCUT2D eigenvalue weighted by Crippen LogP contribution is -2.32. The molecule has 0 atom stereocenters. The van der Waals surface area contributed by atoms with E-state index < -0.39 is 0 Å². The largest absolute Gasteiger partial charge is 0.343 e. The van der Waals surface area contributed by atoms with E-state index in [1.807, 2.05) is 6.20 Å². The molecule has 2 rings (SSSR count). The van der Waals surface area contributed by atoms with E-state index in [4.69, 9.17) is 0 Å². The summed E-state index contributed by atoms with van der Waals surface area (Å²) in [5, 5.41) is 3.46. The summed E-state index contributed by atoms with van der Waals surface area (Å²) in [7, 11) is 0. The summed E-state index contributed by atoms with van der Waals surface area (Å²) in [6.45, 7) is 7.71. The highest BCUT2D eigenvalue weighted by Crippen LogP contribution is 2.13. The molecule has 1 aromatic rings. The van der Waals surface area contributed by atoms with Crippen LogP contribution < -0.4 is 5.32 Å². The van der Waals surface area contributed by atoms with Gasteiger partial charge in [-0.2, -0.15) is 0 Å². The van der Waals surface area contributed by atoms with Crippen molar-refractivity contribution < 1.29 is 0 Å². The number of aryl methyl sites for hydroxylation is 1. The highest BCUT2D eigenvalue weighted by atomic mass is 15.2. The maximum absolute atomic E-state index is 4.42. The third-order valence-corrected chi connectivity index (χ3v) is 3.49. The molecule has 0 radical (unpaired) electrons. The monoisotopic (exact) mass is 259 g/mol. The lowest BCUT2D eigenvalue weighted by Gasteiger charge is -2.27. The van der Waals surface area contributed by atoms with Crippen LogP contribution in [0.1, 0.15) is 38.2 Å². The van der Waals surface area contributed by atoms with Crippen LogP contribution in [0, 0.1) is 6.92 Å². The topological polar surface area (TPSA) is 28.2 Å². The number of aromatic nitrogens is 1. The molecule has 0 spiro atoms. The fraction of sp³-hybridized carbons (Fsp3) is 0.562. The molecular weight excluding hydrogens is 234 g/mol. The van der Waals surface area contributed by atoms with Crippen molar-refractivity contribution in [1.29, 1.82) is 0 Å². The lowest BCUT2D eigenvalue weighted by atomic mass is 10.1. The zero-order chi connectivity index (χ0) is 13.5. The molecule has 0 amide bonds. The minimum absolute atomic E-state index is 0.947. The highest BCUT2D eigenvalue weighted by Gasteiger charge is 2.11. The van der Waals surface area contributed by atoms with Gasteiger partial charge in [0.15, 0.2) is 0 Å². The summed E-state index contributed by atoms with van der Waals surface area (Å²) in [6, 6.07) is 4.15. The first-order valence-corrected chi connectivity index (χ1v) is 7.39. The molecule has 19 heavy (non-hydrogen) atoms. The number of pyridine rings is 1. The van der Waals surface area contributed by atoms with Gasteiger partial charge in [0.1, 0.15) is 5.82 Å². The molecule has 1 saturated heterocycles. The summed E-state index contributed by atoms with van der Waals surface area (Å²) in [6.07, 6.45) is 9.30. The maximum atomic E-state index is 4.42. The number of nitrogens with zero attached hydrogens (tertiary/aromatic N) is 2. The van der Waals surface area contributed by atoms with Crippen molar-refractivity contribution in [3.8, 4) is 0 Å². The second-order valence-electron chi connectivity index (χ2n) is 5.32. The normalized spacial score (nSPS) is 17.5. The second-order valence-corrected chi connectivity index (χ2v) is 5.32. The summed E-state index contributed by atoms with van der Waals surface area (Å²) in [5.74, 6) is 0.947. The van der Waals surface area contributed by atoms with Crippen LogP contribution in [0.4, 0.5) is 5.82 Å². The van der Waals surface area contributed by atoms with Gasteiger partial charge in [-0.1, -0.05) is 25.5 Å². The predicted octanol–water partition coefficient (Wildman–Crippen LogP) is 3.58. The van der Waals surface area contributed by atoms with E-state index in [2.05, 4.69) is 47.3 Å². The molecule has 0 saturated carbocycles. The summed E-state index contributed by atoms with van der Waals surface area (Å²) in [5.41, 5.74) is 2.48. The van der Waals surface area contributed by atoms with Crippen LogP contribution in [0.3, 0.4) is 0 Å². The molecular formula is C16H25N3. The number of rotatable bonds is 5. The first-order valence-electron chi connectivity index (χ1n) is 7.39. The van der Waals surface area contributed by atoms with Gasteiger partial charge in [-0.15, -0.1) is 0 Å². The van der Waals surface area contributed by atoms with Crippen molar-refractivity contribution in [3.05, 3.63) is 35.7 Å². The van der Waals surface area contributed by atoms with Crippen LogP contribution in [0.5, 0.6) is 0 Å². The summed E-state index contributed by atoms with van der Waals surface area (Å²) in [4.78, 5) is 6.96. The number of nitrogens with one attached hydrogen (secondary N) is 1. The van der Waals surface area contributed by atoms with Crippen LogP contribution in [0.25, 0.3) is 0 Å². The van der Waals surface area contributed by atoms with Crippen LogP contribution in [-0.2, 0) is 0 Å². The molecule has 0 bridgehead atoms. The fourth-order valence-corrected chi connectivity index (χ4v) is 2.47. The standard InChI is InChI=1S/C16H25N3/c1-3-7-15(13-19-10-5-4-6-11-19)18-16-9-8-14(2)12-17-16/h7-9,12H,3-6,10-11,13H2,1-2H3,(H,17,18)/b15-7+. The van der Waals surface area contributed by atoms with Gasteiger partial charge in [-0.25, -0.2) is 4.98 Å². The van der Waals surface area contributed by atoms with Crippen molar-refractivity contribution in [2.24, 2.45) is 0 Å². The highest BCUT2D eigenvalue weighted by molar-refractivity contribution is 5.42. The van der Waals surface area contributed by atoms with Crippen LogP contribution in [0.15, 0.2) is 30.1 Å². The second kappa shape index (κ2) is 7.29. The lowest BCUT2D eigenvalue weighted by molar-refractivity contribution is 0.247. The molecule has 0 aliphatic carbocycles. The Bertz CT molecular complexity index is 403. The molecule has 104 valence electrons. The van der Waals surface area contributed by atoms with Crippen molar-refractivity contribution >= 4 is 5.82 Å². The van der Waals surface area contributed by atoms with Gasteiger partial charge in [-0.05, 0) is 50.9 Å². The third-order valence-electron chi connectivity index (χ3n) is 3.49. The van der Waals surface area contributed by atoms with Gasteiger partial charge in [0, 0.05) is 18.4 Å². The van der Waals surface area contributed by atoms with E-state index in [1.54, 1.807) is 0 Å². The minimum Gasteiger partial charge on any atom is -0.343 e.